The number of aromatic nitrogens is 2. The fourth-order valence-corrected chi connectivity index (χ4v) is 3.38. The first-order valence-corrected chi connectivity index (χ1v) is 8.82. The SMILES string of the molecule is CC(C)CCN(c1cc(Cl)nc(C2CC2)n1)C1CCCC1. The minimum absolute atomic E-state index is 0.554. The molecule has 2 fully saturated rings. The van der Waals surface area contributed by atoms with Crippen LogP contribution in [0, 0.1) is 5.92 Å². The van der Waals surface area contributed by atoms with Gasteiger partial charge in [0.05, 0.1) is 0 Å². The molecule has 0 bridgehead atoms. The van der Waals surface area contributed by atoms with Crippen molar-refractivity contribution in [2.45, 2.75) is 70.8 Å². The fraction of sp³-hybridized carbons (Fsp3) is 0.765. The van der Waals surface area contributed by atoms with Crippen molar-refractivity contribution < 1.29 is 0 Å². The summed E-state index contributed by atoms with van der Waals surface area (Å²) in [4.78, 5) is 11.8. The Bertz CT molecular complexity index is 479. The lowest BCUT2D eigenvalue weighted by molar-refractivity contribution is 0.524. The zero-order valence-corrected chi connectivity index (χ0v) is 13.9. The van der Waals surface area contributed by atoms with Crippen molar-refractivity contribution in [3.05, 3.63) is 17.0 Å². The minimum Gasteiger partial charge on any atom is -0.353 e. The Morgan fingerprint density at radius 1 is 1.19 bits per heavy atom. The van der Waals surface area contributed by atoms with Crippen LogP contribution < -0.4 is 4.90 Å². The van der Waals surface area contributed by atoms with E-state index in [1.54, 1.807) is 0 Å². The molecule has 0 spiro atoms. The Balaban J connectivity index is 1.83. The first kappa shape index (κ1) is 15.1. The summed E-state index contributed by atoms with van der Waals surface area (Å²) in [7, 11) is 0. The molecule has 116 valence electrons. The summed E-state index contributed by atoms with van der Waals surface area (Å²) in [6.45, 7) is 5.66. The third-order valence-electron chi connectivity index (χ3n) is 4.65. The molecule has 21 heavy (non-hydrogen) atoms. The maximum absolute atomic E-state index is 6.26. The van der Waals surface area contributed by atoms with E-state index < -0.39 is 0 Å². The number of hydrogen-bond acceptors (Lipinski definition) is 3. The van der Waals surface area contributed by atoms with Crippen LogP contribution in [0.3, 0.4) is 0 Å². The monoisotopic (exact) mass is 307 g/mol. The Hall–Kier alpha value is -0.830. The Kier molecular flexibility index (Phi) is 4.68. The van der Waals surface area contributed by atoms with Crippen LogP contribution in [-0.4, -0.2) is 22.6 Å². The van der Waals surface area contributed by atoms with Gasteiger partial charge in [-0.3, -0.25) is 0 Å². The molecule has 0 radical (unpaired) electrons. The van der Waals surface area contributed by atoms with Gasteiger partial charge in [-0.05, 0) is 38.0 Å². The molecule has 2 aliphatic carbocycles. The van der Waals surface area contributed by atoms with E-state index in [2.05, 4.69) is 23.7 Å². The lowest BCUT2D eigenvalue weighted by Gasteiger charge is -2.31. The molecule has 4 heteroatoms. The van der Waals surface area contributed by atoms with Gasteiger partial charge in [-0.15, -0.1) is 0 Å². The van der Waals surface area contributed by atoms with Crippen LogP contribution in [-0.2, 0) is 0 Å². The topological polar surface area (TPSA) is 29.0 Å². The van der Waals surface area contributed by atoms with E-state index in [0.29, 0.717) is 23.0 Å². The highest BCUT2D eigenvalue weighted by Crippen LogP contribution is 2.39. The van der Waals surface area contributed by atoms with E-state index >= 15 is 0 Å². The summed E-state index contributed by atoms with van der Waals surface area (Å²) in [6.07, 6.45) is 8.91. The van der Waals surface area contributed by atoms with E-state index in [1.807, 2.05) is 6.07 Å². The van der Waals surface area contributed by atoms with Crippen molar-refractivity contribution in [3.63, 3.8) is 0 Å². The molecule has 0 amide bonds. The van der Waals surface area contributed by atoms with Gasteiger partial charge in [0, 0.05) is 24.6 Å². The van der Waals surface area contributed by atoms with Gasteiger partial charge in [0.1, 0.15) is 16.8 Å². The van der Waals surface area contributed by atoms with Crippen LogP contribution in [0.5, 0.6) is 0 Å². The highest BCUT2D eigenvalue weighted by Gasteiger charge is 2.29. The standard InChI is InChI=1S/C17H26ClN3/c1-12(2)9-10-21(14-5-3-4-6-14)16-11-15(18)19-17(20-16)13-7-8-13/h11-14H,3-10H2,1-2H3. The van der Waals surface area contributed by atoms with Crippen molar-refractivity contribution in [2.24, 2.45) is 5.92 Å². The smallest absolute Gasteiger partial charge is 0.135 e. The molecule has 0 N–H and O–H groups in total. The normalized spacial score (nSPS) is 19.4. The van der Waals surface area contributed by atoms with Gasteiger partial charge in [-0.1, -0.05) is 38.3 Å². The Morgan fingerprint density at radius 3 is 2.52 bits per heavy atom. The maximum atomic E-state index is 6.26. The molecule has 0 aliphatic heterocycles. The second kappa shape index (κ2) is 6.51. The summed E-state index contributed by atoms with van der Waals surface area (Å²) < 4.78 is 0. The maximum Gasteiger partial charge on any atom is 0.135 e. The molecule has 1 aromatic heterocycles. The molecular formula is C17H26ClN3. The van der Waals surface area contributed by atoms with E-state index in [1.165, 1.54) is 44.9 Å². The van der Waals surface area contributed by atoms with Gasteiger partial charge in [0.2, 0.25) is 0 Å². The van der Waals surface area contributed by atoms with Crippen LogP contribution in [0.15, 0.2) is 6.07 Å². The van der Waals surface area contributed by atoms with Crippen LogP contribution >= 0.6 is 11.6 Å². The first-order valence-electron chi connectivity index (χ1n) is 8.44. The Morgan fingerprint density at radius 2 is 1.90 bits per heavy atom. The third-order valence-corrected chi connectivity index (χ3v) is 4.84. The number of hydrogen-bond donors (Lipinski definition) is 0. The summed E-state index contributed by atoms with van der Waals surface area (Å²) in [5, 5.41) is 0.606. The average Bonchev–Trinajstić information content (AvgIpc) is 3.15. The van der Waals surface area contributed by atoms with Gasteiger partial charge in [-0.25, -0.2) is 9.97 Å². The minimum atomic E-state index is 0.554. The molecule has 2 saturated carbocycles. The number of nitrogens with zero attached hydrogens (tertiary/aromatic N) is 3. The second-order valence-corrected chi connectivity index (χ2v) is 7.38. The summed E-state index contributed by atoms with van der Waals surface area (Å²) >= 11 is 6.26. The molecule has 0 atom stereocenters. The highest BCUT2D eigenvalue weighted by molar-refractivity contribution is 6.29. The summed E-state index contributed by atoms with van der Waals surface area (Å²) in [5.74, 6) is 3.29. The molecule has 3 rings (SSSR count). The van der Waals surface area contributed by atoms with Gasteiger partial charge < -0.3 is 4.90 Å². The molecule has 0 unspecified atom stereocenters. The van der Waals surface area contributed by atoms with Crippen molar-refractivity contribution in [1.82, 2.24) is 9.97 Å². The highest BCUT2D eigenvalue weighted by atomic mass is 35.5. The van der Waals surface area contributed by atoms with Gasteiger partial charge in [0.15, 0.2) is 0 Å². The molecule has 0 saturated heterocycles. The van der Waals surface area contributed by atoms with Crippen molar-refractivity contribution >= 4 is 17.4 Å². The molecule has 1 aromatic rings. The third kappa shape index (κ3) is 3.88. The number of anilines is 1. The molecule has 2 aliphatic rings. The lowest BCUT2D eigenvalue weighted by atomic mass is 10.1. The zero-order chi connectivity index (χ0) is 14.8. The first-order chi connectivity index (χ1) is 10.1. The second-order valence-electron chi connectivity index (χ2n) is 7.00. The largest absolute Gasteiger partial charge is 0.353 e. The van der Waals surface area contributed by atoms with Crippen molar-refractivity contribution in [3.8, 4) is 0 Å². The quantitative estimate of drug-likeness (QED) is 0.707. The molecule has 1 heterocycles. The fourth-order valence-electron chi connectivity index (χ4n) is 3.19. The Labute approximate surface area is 133 Å². The summed E-state index contributed by atoms with van der Waals surface area (Å²) in [6, 6.07) is 2.60. The molecule has 3 nitrogen and oxygen atoms in total. The van der Waals surface area contributed by atoms with Crippen molar-refractivity contribution in [1.29, 1.82) is 0 Å². The average molecular weight is 308 g/mol. The van der Waals surface area contributed by atoms with Gasteiger partial charge >= 0.3 is 0 Å². The summed E-state index contributed by atoms with van der Waals surface area (Å²) in [5.41, 5.74) is 0. The van der Waals surface area contributed by atoms with Crippen LogP contribution in [0.2, 0.25) is 5.15 Å². The zero-order valence-electron chi connectivity index (χ0n) is 13.2. The van der Waals surface area contributed by atoms with E-state index in [4.69, 9.17) is 16.6 Å². The van der Waals surface area contributed by atoms with E-state index in [-0.39, 0.29) is 0 Å². The predicted octanol–water partition coefficient (Wildman–Crippen LogP) is 4.80. The van der Waals surface area contributed by atoms with Gasteiger partial charge in [0.25, 0.3) is 0 Å². The molecular weight excluding hydrogens is 282 g/mol. The predicted molar refractivity (Wildman–Crippen MR) is 88.1 cm³/mol. The van der Waals surface area contributed by atoms with E-state index in [0.717, 1.165) is 18.2 Å². The van der Waals surface area contributed by atoms with Crippen LogP contribution in [0.4, 0.5) is 5.82 Å². The van der Waals surface area contributed by atoms with Gasteiger partial charge in [-0.2, -0.15) is 0 Å². The van der Waals surface area contributed by atoms with Crippen LogP contribution in [0.25, 0.3) is 0 Å². The lowest BCUT2D eigenvalue weighted by Crippen LogP contribution is -2.35. The van der Waals surface area contributed by atoms with Crippen molar-refractivity contribution in [2.75, 3.05) is 11.4 Å². The number of halogens is 1. The van der Waals surface area contributed by atoms with E-state index in [9.17, 15) is 0 Å². The molecule has 0 aromatic carbocycles. The van der Waals surface area contributed by atoms with Crippen LogP contribution in [0.1, 0.15) is 70.5 Å². The number of rotatable bonds is 6.